The molecule has 1 rings (SSSR count). The number of aliphatic imine (C=N–C) groups is 1. The molecule has 0 bridgehead atoms. The van der Waals surface area contributed by atoms with Gasteiger partial charge in [0, 0.05) is 6.42 Å². The van der Waals surface area contributed by atoms with Crippen molar-refractivity contribution in [1.82, 2.24) is 0 Å². The Morgan fingerprint density at radius 3 is 2.64 bits per heavy atom. The van der Waals surface area contributed by atoms with E-state index >= 15 is 0 Å². The van der Waals surface area contributed by atoms with Gasteiger partial charge in [-0.05, 0) is 43.4 Å². The number of hydrogen-bond donors (Lipinski definition) is 1. The average Bonchev–Trinajstić information content (AvgIpc) is 2.21. The maximum atomic E-state index is 9.15. The summed E-state index contributed by atoms with van der Waals surface area (Å²) in [6, 6.07) is 6.85. The van der Waals surface area contributed by atoms with Gasteiger partial charge < -0.3 is 9.84 Å². The number of isothiocyanates is 1. The van der Waals surface area contributed by atoms with Crippen LogP contribution in [-0.4, -0.2) is 16.6 Å². The van der Waals surface area contributed by atoms with E-state index < -0.39 is 6.29 Å². The number of nitrogens with zero attached hydrogens (tertiary/aromatic N) is 1. The molecule has 0 aliphatic carbocycles. The molecule has 73 valence electrons. The minimum absolute atomic E-state index is 0.305. The summed E-state index contributed by atoms with van der Waals surface area (Å²) in [5.74, 6) is 0.574. The lowest BCUT2D eigenvalue weighted by Crippen LogP contribution is -2.13. The molecule has 1 N–H and O–H groups in total. The third-order valence-electron chi connectivity index (χ3n) is 1.53. The van der Waals surface area contributed by atoms with Crippen LogP contribution in [0.15, 0.2) is 29.3 Å². The van der Waals surface area contributed by atoms with Gasteiger partial charge in [-0.25, -0.2) is 0 Å². The van der Waals surface area contributed by atoms with Gasteiger partial charge in [0.2, 0.25) is 0 Å². The minimum atomic E-state index is -0.866. The second-order valence-electron chi connectivity index (χ2n) is 2.56. The van der Waals surface area contributed by atoms with E-state index in [0.29, 0.717) is 17.9 Å². The highest BCUT2D eigenvalue weighted by atomic mass is 32.1. The van der Waals surface area contributed by atoms with Crippen molar-refractivity contribution in [1.29, 1.82) is 0 Å². The highest BCUT2D eigenvalue weighted by Gasteiger charge is 2.01. The Hall–Kier alpha value is -1.22. The van der Waals surface area contributed by atoms with Gasteiger partial charge in [0.05, 0.1) is 10.8 Å². The van der Waals surface area contributed by atoms with Crippen molar-refractivity contribution in [2.75, 3.05) is 0 Å². The van der Waals surface area contributed by atoms with E-state index in [1.165, 1.54) is 0 Å². The molecule has 14 heavy (non-hydrogen) atoms. The molecule has 0 aromatic heterocycles. The van der Waals surface area contributed by atoms with Crippen molar-refractivity contribution in [3.05, 3.63) is 31.2 Å². The molecule has 0 aliphatic heterocycles. The molecule has 1 unspecified atom stereocenters. The number of rotatable bonds is 4. The average molecular weight is 208 g/mol. The second kappa shape index (κ2) is 5.50. The molecular weight excluding hydrogens is 198 g/mol. The number of hydrogen-bond acceptors (Lipinski definition) is 4. The van der Waals surface area contributed by atoms with Crippen LogP contribution in [0, 0.1) is 6.92 Å². The molecule has 0 saturated carbocycles. The van der Waals surface area contributed by atoms with Crippen LogP contribution in [0.25, 0.3) is 0 Å². The number of benzene rings is 1. The van der Waals surface area contributed by atoms with Gasteiger partial charge >= 0.3 is 0 Å². The van der Waals surface area contributed by atoms with Crippen LogP contribution in [0.2, 0.25) is 0 Å². The summed E-state index contributed by atoms with van der Waals surface area (Å²) in [6.45, 7) is 3.51. The Morgan fingerprint density at radius 2 is 2.14 bits per heavy atom. The lowest BCUT2D eigenvalue weighted by atomic mass is 10.3. The van der Waals surface area contributed by atoms with Crippen LogP contribution in [0.1, 0.15) is 6.42 Å². The van der Waals surface area contributed by atoms with E-state index in [0.717, 1.165) is 0 Å². The predicted molar refractivity (Wildman–Crippen MR) is 57.7 cm³/mol. The van der Waals surface area contributed by atoms with Crippen molar-refractivity contribution < 1.29 is 9.84 Å². The second-order valence-corrected chi connectivity index (χ2v) is 2.74. The molecule has 1 radical (unpaired) electrons. The molecule has 0 spiro atoms. The van der Waals surface area contributed by atoms with E-state index in [-0.39, 0.29) is 0 Å². The fourth-order valence-corrected chi connectivity index (χ4v) is 0.973. The Morgan fingerprint density at radius 1 is 1.50 bits per heavy atom. The molecule has 1 atom stereocenters. The molecule has 0 saturated heterocycles. The van der Waals surface area contributed by atoms with Crippen LogP contribution in [0.4, 0.5) is 5.69 Å². The normalized spacial score (nSPS) is 11.6. The Bertz CT molecular complexity index is 330. The van der Waals surface area contributed by atoms with Crippen molar-refractivity contribution in [3.8, 4) is 5.75 Å². The largest absolute Gasteiger partial charge is 0.465 e. The first-order chi connectivity index (χ1) is 6.76. The maximum absolute atomic E-state index is 9.15. The molecule has 1 aromatic rings. The fourth-order valence-electron chi connectivity index (χ4n) is 0.868. The molecule has 1 aromatic carbocycles. The Kier molecular flexibility index (Phi) is 4.26. The van der Waals surface area contributed by atoms with Crippen molar-refractivity contribution >= 4 is 23.1 Å². The topological polar surface area (TPSA) is 41.8 Å². The SMILES string of the molecule is [CH2]CC(O)Oc1ccc(N=C=S)cc1. The number of aliphatic hydroxyl groups is 1. The van der Waals surface area contributed by atoms with Gasteiger partial charge in [0.15, 0.2) is 6.29 Å². The van der Waals surface area contributed by atoms with Gasteiger partial charge in [-0.1, -0.05) is 0 Å². The first kappa shape index (κ1) is 10.9. The fraction of sp³-hybridized carbons (Fsp3) is 0.200. The van der Waals surface area contributed by atoms with E-state index in [2.05, 4.69) is 29.3 Å². The first-order valence-electron chi connectivity index (χ1n) is 4.08. The van der Waals surface area contributed by atoms with E-state index in [9.17, 15) is 0 Å². The highest BCUT2D eigenvalue weighted by Crippen LogP contribution is 2.18. The number of thiocarbonyl (C=S) groups is 1. The maximum Gasteiger partial charge on any atom is 0.197 e. The molecular formula is C10H10NO2S. The molecule has 4 heteroatoms. The molecule has 0 amide bonds. The lowest BCUT2D eigenvalue weighted by molar-refractivity contribution is -0.0142. The van der Waals surface area contributed by atoms with Crippen molar-refractivity contribution in [2.24, 2.45) is 4.99 Å². The zero-order valence-electron chi connectivity index (χ0n) is 7.51. The quantitative estimate of drug-likeness (QED) is 0.469. The summed E-state index contributed by atoms with van der Waals surface area (Å²) < 4.78 is 5.10. The lowest BCUT2D eigenvalue weighted by Gasteiger charge is -2.10. The molecule has 3 nitrogen and oxygen atoms in total. The summed E-state index contributed by atoms with van der Waals surface area (Å²) in [7, 11) is 0. The van der Waals surface area contributed by atoms with Crippen LogP contribution < -0.4 is 4.74 Å². The third-order valence-corrected chi connectivity index (χ3v) is 1.62. The predicted octanol–water partition coefficient (Wildman–Crippen LogP) is 2.34. The van der Waals surface area contributed by atoms with Gasteiger partial charge in [0.1, 0.15) is 5.75 Å². The van der Waals surface area contributed by atoms with Crippen LogP contribution in [0.3, 0.4) is 0 Å². The Balaban J connectivity index is 2.68. The summed E-state index contributed by atoms with van der Waals surface area (Å²) >= 11 is 4.46. The van der Waals surface area contributed by atoms with Crippen molar-refractivity contribution in [2.45, 2.75) is 12.7 Å². The zero-order chi connectivity index (χ0) is 10.4. The van der Waals surface area contributed by atoms with Gasteiger partial charge in [0.25, 0.3) is 0 Å². The van der Waals surface area contributed by atoms with E-state index in [1.807, 2.05) is 0 Å². The monoisotopic (exact) mass is 208 g/mol. The zero-order valence-corrected chi connectivity index (χ0v) is 8.33. The van der Waals surface area contributed by atoms with Crippen LogP contribution >= 0.6 is 12.2 Å². The number of ether oxygens (including phenoxy) is 1. The smallest absolute Gasteiger partial charge is 0.197 e. The summed E-state index contributed by atoms with van der Waals surface area (Å²) in [4.78, 5) is 3.78. The van der Waals surface area contributed by atoms with E-state index in [1.54, 1.807) is 24.3 Å². The van der Waals surface area contributed by atoms with Gasteiger partial charge in [-0.3, -0.25) is 0 Å². The van der Waals surface area contributed by atoms with Crippen LogP contribution in [-0.2, 0) is 0 Å². The highest BCUT2D eigenvalue weighted by molar-refractivity contribution is 7.78. The first-order valence-corrected chi connectivity index (χ1v) is 4.49. The summed E-state index contributed by atoms with van der Waals surface area (Å²) in [5.41, 5.74) is 0.705. The van der Waals surface area contributed by atoms with Crippen LogP contribution in [0.5, 0.6) is 5.75 Å². The van der Waals surface area contributed by atoms with Gasteiger partial charge in [-0.2, -0.15) is 4.99 Å². The summed E-state index contributed by atoms with van der Waals surface area (Å²) in [6.07, 6.45) is -0.560. The summed E-state index contributed by atoms with van der Waals surface area (Å²) in [5, 5.41) is 11.4. The minimum Gasteiger partial charge on any atom is -0.465 e. The third kappa shape index (κ3) is 3.26. The van der Waals surface area contributed by atoms with E-state index in [4.69, 9.17) is 9.84 Å². The molecule has 0 heterocycles. The standard InChI is InChI=1S/C10H10NO2S/c1-2-10(12)13-9-5-3-8(4-6-9)11-7-14/h3-6,10,12H,1-2H2. The van der Waals surface area contributed by atoms with Gasteiger partial charge in [-0.15, -0.1) is 0 Å². The molecule has 0 fully saturated rings. The Labute approximate surface area is 88.1 Å². The molecule has 0 aliphatic rings. The van der Waals surface area contributed by atoms with Crippen molar-refractivity contribution in [3.63, 3.8) is 0 Å². The number of aliphatic hydroxyl groups excluding tert-OH is 1.